The highest BCUT2D eigenvalue weighted by molar-refractivity contribution is 6.00. The van der Waals surface area contributed by atoms with Gasteiger partial charge in [0.25, 0.3) is 5.69 Å². The van der Waals surface area contributed by atoms with E-state index in [9.17, 15) is 19.7 Å². The number of nitro benzene ring substituents is 1. The Morgan fingerprint density at radius 2 is 1.71 bits per heavy atom. The first kappa shape index (κ1) is 35.0. The number of hydrogen-bond acceptors (Lipinski definition) is 8. The number of nitrogens with one attached hydrogen (secondary N) is 1. The van der Waals surface area contributed by atoms with Crippen LogP contribution in [-0.2, 0) is 19.1 Å². The molecule has 45 heavy (non-hydrogen) atoms. The maximum Gasteiger partial charge on any atom is 0.337 e. The Bertz CT molecular complexity index is 1520. The number of nitro groups is 1. The average Bonchev–Trinajstić information content (AvgIpc) is 2.99. The van der Waals surface area contributed by atoms with Crippen molar-refractivity contribution >= 4 is 17.6 Å². The molecule has 2 aromatic rings. The third kappa shape index (κ3) is 9.01. The highest BCUT2D eigenvalue weighted by Gasteiger charge is 2.40. The van der Waals surface area contributed by atoms with Gasteiger partial charge in [-0.15, -0.1) is 0 Å². The average molecular weight is 616 g/mol. The molecule has 0 amide bonds. The van der Waals surface area contributed by atoms with Crippen molar-refractivity contribution in [3.8, 4) is 0 Å². The van der Waals surface area contributed by atoms with E-state index in [0.717, 1.165) is 13.0 Å². The Morgan fingerprint density at radius 1 is 1.07 bits per heavy atom. The van der Waals surface area contributed by atoms with E-state index in [0.29, 0.717) is 23.5 Å². The molecule has 1 heterocycles. The third-order valence-electron chi connectivity index (χ3n) is 7.92. The minimum atomic E-state index is -0.918. The number of dihydropyridines is 1. The minimum absolute atomic E-state index is 0.148. The molecule has 0 bridgehead atoms. The molecule has 1 aliphatic heterocycles. The molecule has 1 aliphatic rings. The Kier molecular flexibility index (Phi) is 12.0. The van der Waals surface area contributed by atoms with E-state index >= 15 is 0 Å². The fourth-order valence-electron chi connectivity index (χ4n) is 5.92. The Morgan fingerprint density at radius 3 is 2.31 bits per heavy atom. The first-order valence-electron chi connectivity index (χ1n) is 15.1. The van der Waals surface area contributed by atoms with Crippen LogP contribution in [0.15, 0.2) is 101 Å². The summed E-state index contributed by atoms with van der Waals surface area (Å²) < 4.78 is 11.2. The first-order valence-corrected chi connectivity index (χ1v) is 15.1. The van der Waals surface area contributed by atoms with Crippen LogP contribution in [0.1, 0.15) is 70.9 Å². The molecule has 2 unspecified atom stereocenters. The van der Waals surface area contributed by atoms with Crippen LogP contribution in [0.3, 0.4) is 0 Å². The Labute approximate surface area is 266 Å². The Hall–Kier alpha value is -4.50. The molecule has 1 N–H and O–H groups in total. The molecular formula is C36H45N3O6. The molecule has 240 valence electrons. The van der Waals surface area contributed by atoms with Gasteiger partial charge in [-0.05, 0) is 72.7 Å². The molecule has 0 saturated carbocycles. The summed E-state index contributed by atoms with van der Waals surface area (Å²) >= 11 is 0. The van der Waals surface area contributed by atoms with Gasteiger partial charge in [0.15, 0.2) is 0 Å². The lowest BCUT2D eigenvalue weighted by atomic mass is 9.80. The van der Waals surface area contributed by atoms with E-state index in [1.165, 1.54) is 36.4 Å². The molecule has 0 saturated heterocycles. The predicted molar refractivity (Wildman–Crippen MR) is 176 cm³/mol. The summed E-state index contributed by atoms with van der Waals surface area (Å²) in [5, 5.41) is 14.7. The molecular weight excluding hydrogens is 570 g/mol. The zero-order valence-electron chi connectivity index (χ0n) is 27.5. The number of esters is 2. The Balaban J connectivity index is 1.84. The number of hydrogen-bond donors (Lipinski definition) is 1. The maximum atomic E-state index is 14.0. The molecule has 0 fully saturated rings. The minimum Gasteiger partial charge on any atom is -0.466 e. The van der Waals surface area contributed by atoms with Gasteiger partial charge in [-0.2, -0.15) is 0 Å². The molecule has 9 nitrogen and oxygen atoms in total. The van der Waals surface area contributed by atoms with Gasteiger partial charge < -0.3 is 19.7 Å². The van der Waals surface area contributed by atoms with Crippen LogP contribution in [0.5, 0.6) is 0 Å². The van der Waals surface area contributed by atoms with E-state index in [1.807, 2.05) is 40.0 Å². The van der Waals surface area contributed by atoms with Crippen LogP contribution in [0.4, 0.5) is 5.69 Å². The van der Waals surface area contributed by atoms with Gasteiger partial charge in [0, 0.05) is 36.0 Å². The SMILES string of the molecule is C/C=C/C=C(\C)C(CCN(C)CC(C)(C)OC(=O)C1=C(C)NC(C)=C(C(=O)OC)C1c1cccc([N+](=O)[O-])c1)c1ccccc1. The molecule has 0 radical (unpaired) electrons. The second-order valence-corrected chi connectivity index (χ2v) is 12.1. The van der Waals surface area contributed by atoms with E-state index < -0.39 is 28.4 Å². The van der Waals surface area contributed by atoms with Crippen molar-refractivity contribution in [3.63, 3.8) is 0 Å². The molecule has 2 aromatic carbocycles. The lowest BCUT2D eigenvalue weighted by Crippen LogP contribution is -2.42. The zero-order valence-corrected chi connectivity index (χ0v) is 27.5. The largest absolute Gasteiger partial charge is 0.466 e. The summed E-state index contributed by atoms with van der Waals surface area (Å²) in [7, 11) is 3.26. The van der Waals surface area contributed by atoms with Gasteiger partial charge in [-0.3, -0.25) is 10.1 Å². The quantitative estimate of drug-likeness (QED) is 0.112. The van der Waals surface area contributed by atoms with E-state index in [-0.39, 0.29) is 22.8 Å². The van der Waals surface area contributed by atoms with Crippen LogP contribution in [-0.4, -0.2) is 54.6 Å². The van der Waals surface area contributed by atoms with Crippen LogP contribution in [0, 0.1) is 10.1 Å². The fourth-order valence-corrected chi connectivity index (χ4v) is 5.92. The fraction of sp³-hybridized carbons (Fsp3) is 0.389. The monoisotopic (exact) mass is 615 g/mol. The number of ether oxygens (including phenoxy) is 2. The van der Waals surface area contributed by atoms with Crippen LogP contribution < -0.4 is 5.32 Å². The van der Waals surface area contributed by atoms with Gasteiger partial charge >= 0.3 is 11.9 Å². The molecule has 0 aliphatic carbocycles. The number of methoxy groups -OCH3 is 1. The lowest BCUT2D eigenvalue weighted by molar-refractivity contribution is -0.384. The van der Waals surface area contributed by atoms with Crippen LogP contribution >= 0.6 is 0 Å². The summed E-state index contributed by atoms with van der Waals surface area (Å²) in [4.78, 5) is 40.1. The standard InChI is InChI=1S/C36H45N3O6/c1-9-10-15-24(2)30(27-16-12-11-13-17-27)20-21-38(7)23-36(5,6)45-35(41)32-26(4)37-25(3)31(34(40)44-8)33(32)28-18-14-19-29(22-28)39(42)43/h9-19,22,30,33,37H,20-21,23H2,1-8H3/b10-9+,24-15+. The predicted octanol–water partition coefficient (Wildman–Crippen LogP) is 6.95. The van der Waals surface area contributed by atoms with Gasteiger partial charge in [0.05, 0.1) is 29.1 Å². The van der Waals surface area contributed by atoms with Gasteiger partial charge in [0.2, 0.25) is 0 Å². The topological polar surface area (TPSA) is 111 Å². The second kappa shape index (κ2) is 15.5. The molecule has 0 aromatic heterocycles. The summed E-state index contributed by atoms with van der Waals surface area (Å²) in [6.45, 7) is 12.5. The van der Waals surface area contributed by atoms with Crippen LogP contribution in [0.25, 0.3) is 0 Å². The number of non-ortho nitro benzene ring substituents is 1. The summed E-state index contributed by atoms with van der Waals surface area (Å²) in [6.07, 6.45) is 7.09. The summed E-state index contributed by atoms with van der Waals surface area (Å²) in [5.41, 5.74) is 3.28. The molecule has 9 heteroatoms. The number of rotatable bonds is 13. The molecule has 0 spiro atoms. The summed E-state index contributed by atoms with van der Waals surface area (Å²) in [5.74, 6) is -1.94. The number of allylic oxidation sites excluding steroid dienone is 6. The zero-order chi connectivity index (χ0) is 33.3. The van der Waals surface area contributed by atoms with Gasteiger partial charge in [-0.25, -0.2) is 9.59 Å². The van der Waals surface area contributed by atoms with Crippen molar-refractivity contribution in [2.24, 2.45) is 0 Å². The van der Waals surface area contributed by atoms with Crippen molar-refractivity contribution in [2.45, 2.75) is 65.4 Å². The number of nitrogens with zero attached hydrogens (tertiary/aromatic N) is 2. The highest BCUT2D eigenvalue weighted by atomic mass is 16.6. The first-order chi connectivity index (χ1) is 21.3. The van der Waals surface area contributed by atoms with Crippen molar-refractivity contribution in [3.05, 3.63) is 122 Å². The van der Waals surface area contributed by atoms with E-state index in [2.05, 4.69) is 53.6 Å². The molecule has 3 rings (SSSR count). The van der Waals surface area contributed by atoms with Crippen molar-refractivity contribution in [1.29, 1.82) is 0 Å². The van der Waals surface area contributed by atoms with E-state index in [1.54, 1.807) is 19.9 Å². The third-order valence-corrected chi connectivity index (χ3v) is 7.92. The number of carbonyl (C=O) groups is 2. The molecule has 2 atom stereocenters. The van der Waals surface area contributed by atoms with Gasteiger partial charge in [-0.1, -0.05) is 66.3 Å². The smallest absolute Gasteiger partial charge is 0.337 e. The van der Waals surface area contributed by atoms with Crippen molar-refractivity contribution in [1.82, 2.24) is 10.2 Å². The summed E-state index contributed by atoms with van der Waals surface area (Å²) in [6, 6.07) is 16.4. The lowest BCUT2D eigenvalue weighted by Gasteiger charge is -2.34. The number of likely N-dealkylation sites (N-methyl/N-ethyl adjacent to an activating group) is 1. The normalized spacial score (nSPS) is 16.6. The number of benzene rings is 2. The number of carbonyl (C=O) groups excluding carboxylic acids is 2. The maximum absolute atomic E-state index is 14.0. The van der Waals surface area contributed by atoms with E-state index in [4.69, 9.17) is 9.47 Å². The van der Waals surface area contributed by atoms with Crippen molar-refractivity contribution < 1.29 is 24.0 Å². The second-order valence-electron chi connectivity index (χ2n) is 12.1. The van der Waals surface area contributed by atoms with Crippen LogP contribution in [0.2, 0.25) is 0 Å². The van der Waals surface area contributed by atoms with Crippen molar-refractivity contribution in [2.75, 3.05) is 27.2 Å². The highest BCUT2D eigenvalue weighted by Crippen LogP contribution is 2.40. The van der Waals surface area contributed by atoms with Gasteiger partial charge in [0.1, 0.15) is 5.60 Å².